The largest absolute Gasteiger partial charge is 0.348 e. The Balaban J connectivity index is 0.000000157. The van der Waals surface area contributed by atoms with Gasteiger partial charge in [-0.25, -0.2) is 8.78 Å². The molecule has 4 aromatic rings. The van der Waals surface area contributed by atoms with Crippen LogP contribution >= 0.6 is 0 Å². The number of Topliss-reactive ketones (excluding diaryl/α,β-unsaturated/α-hetero) is 2. The maximum atomic E-state index is 13.8. The van der Waals surface area contributed by atoms with Gasteiger partial charge in [-0.05, 0) is 111 Å². The van der Waals surface area contributed by atoms with Crippen LogP contribution in [0.2, 0.25) is 0 Å². The molecule has 2 aliphatic carbocycles. The Morgan fingerprint density at radius 1 is 0.680 bits per heavy atom. The van der Waals surface area contributed by atoms with Crippen LogP contribution in [0.1, 0.15) is 94.1 Å². The van der Waals surface area contributed by atoms with E-state index in [1.165, 1.54) is 24.3 Å². The van der Waals surface area contributed by atoms with Crippen molar-refractivity contribution in [2.75, 3.05) is 13.2 Å². The van der Waals surface area contributed by atoms with Gasteiger partial charge >= 0.3 is 0 Å². The quantitative estimate of drug-likeness (QED) is 0.203. The van der Waals surface area contributed by atoms with Gasteiger partial charge in [0.15, 0.2) is 23.1 Å². The lowest BCUT2D eigenvalue weighted by Gasteiger charge is -2.21. The normalized spacial score (nSPS) is 23.9. The van der Waals surface area contributed by atoms with Crippen molar-refractivity contribution in [3.8, 4) is 0 Å². The van der Waals surface area contributed by atoms with E-state index in [4.69, 9.17) is 18.9 Å². The Kier molecular flexibility index (Phi) is 9.16. The van der Waals surface area contributed by atoms with Crippen LogP contribution < -0.4 is 0 Å². The van der Waals surface area contributed by atoms with Gasteiger partial charge < -0.3 is 18.9 Å². The van der Waals surface area contributed by atoms with Crippen molar-refractivity contribution in [1.82, 2.24) is 0 Å². The molecule has 8 heteroatoms. The van der Waals surface area contributed by atoms with Crippen molar-refractivity contribution in [3.63, 3.8) is 0 Å². The summed E-state index contributed by atoms with van der Waals surface area (Å²) in [6.07, 6.45) is 3.14. The lowest BCUT2D eigenvalue weighted by atomic mass is 9.86. The lowest BCUT2D eigenvalue weighted by Crippen LogP contribution is -2.24. The van der Waals surface area contributed by atoms with Crippen LogP contribution in [0.15, 0.2) is 91.0 Å². The third-order valence-electron chi connectivity index (χ3n) is 9.66. The number of rotatable bonds is 3. The zero-order valence-electron chi connectivity index (χ0n) is 28.6. The van der Waals surface area contributed by atoms with Crippen molar-refractivity contribution in [2.45, 2.75) is 76.7 Å². The van der Waals surface area contributed by atoms with Gasteiger partial charge in [0.05, 0.1) is 25.2 Å². The Labute approximate surface area is 291 Å². The number of ketones is 2. The molecule has 8 rings (SSSR count). The van der Waals surface area contributed by atoms with Gasteiger partial charge in [0, 0.05) is 16.7 Å². The number of hydrogen-bond donors (Lipinski definition) is 0. The minimum atomic E-state index is -0.668. The van der Waals surface area contributed by atoms with Gasteiger partial charge in [-0.2, -0.15) is 0 Å². The summed E-state index contributed by atoms with van der Waals surface area (Å²) in [7, 11) is 0. The predicted molar refractivity (Wildman–Crippen MR) is 185 cm³/mol. The van der Waals surface area contributed by atoms with Gasteiger partial charge in [0.2, 0.25) is 0 Å². The first kappa shape index (κ1) is 34.1. The minimum Gasteiger partial charge on any atom is -0.348 e. The Bertz CT molecular complexity index is 2000. The number of carbonyl (C=O) groups excluding carboxylic acids is 2. The molecule has 0 N–H and O–H groups in total. The van der Waals surface area contributed by atoms with Crippen molar-refractivity contribution in [1.29, 1.82) is 0 Å². The van der Waals surface area contributed by atoms with Crippen molar-refractivity contribution in [3.05, 3.63) is 147 Å². The maximum absolute atomic E-state index is 13.8. The molecule has 4 aliphatic rings. The van der Waals surface area contributed by atoms with Crippen LogP contribution in [0.3, 0.4) is 0 Å². The summed E-state index contributed by atoms with van der Waals surface area (Å²) in [6, 6.07) is 24.7. The second-order valence-electron chi connectivity index (χ2n) is 14.2. The molecule has 0 saturated carbocycles. The molecule has 0 aromatic heterocycles. The topological polar surface area (TPSA) is 71.1 Å². The first-order valence-corrected chi connectivity index (χ1v) is 17.0. The predicted octanol–water partition coefficient (Wildman–Crippen LogP) is 8.39. The van der Waals surface area contributed by atoms with E-state index in [2.05, 4.69) is 0 Å². The summed E-state index contributed by atoms with van der Waals surface area (Å²) >= 11 is 0. The summed E-state index contributed by atoms with van der Waals surface area (Å²) in [4.78, 5) is 26.4. The van der Waals surface area contributed by atoms with Crippen LogP contribution in [0.25, 0.3) is 5.57 Å². The molecule has 2 heterocycles. The summed E-state index contributed by atoms with van der Waals surface area (Å²) in [5, 5.41) is 0. The molecule has 0 bridgehead atoms. The van der Waals surface area contributed by atoms with Crippen LogP contribution in [-0.2, 0) is 31.8 Å². The highest BCUT2D eigenvalue weighted by atomic mass is 19.1. The van der Waals surface area contributed by atoms with E-state index in [1.54, 1.807) is 12.1 Å². The fraction of sp³-hybridized carbons (Fsp3) is 0.333. The molecule has 4 aromatic carbocycles. The molecule has 0 amide bonds. The number of allylic oxidation sites excluding steroid dienone is 1. The van der Waals surface area contributed by atoms with E-state index in [9.17, 15) is 18.4 Å². The number of ether oxygens (including phenoxy) is 4. The fourth-order valence-corrected chi connectivity index (χ4v) is 7.35. The third-order valence-corrected chi connectivity index (χ3v) is 9.66. The van der Waals surface area contributed by atoms with Crippen LogP contribution in [-0.4, -0.2) is 48.6 Å². The molecule has 0 unspecified atom stereocenters. The molecule has 0 radical (unpaired) electrons. The molecule has 3 atom stereocenters. The molecular weight excluding hydrogens is 638 g/mol. The minimum absolute atomic E-state index is 0.0345. The Morgan fingerprint density at radius 2 is 1.26 bits per heavy atom. The SMILES string of the molecule is CC1(C)OC[C@@H](/C=C2\C(=O)c3cc(F)ccc3Cc3ccccc32)O1.CC1(C)OC[C@@H](C[C@H]2C(=O)c3cc(F)ccc3Cc3ccccc32)O1. The average Bonchev–Trinajstić information content (AvgIpc) is 3.55. The monoisotopic (exact) mass is 678 g/mol. The maximum Gasteiger partial charge on any atom is 0.193 e. The number of fused-ring (bicyclic) bond motifs is 4. The Hall–Kier alpha value is -4.34. The highest BCUT2D eigenvalue weighted by Gasteiger charge is 2.38. The highest BCUT2D eigenvalue weighted by Crippen LogP contribution is 2.38. The zero-order chi connectivity index (χ0) is 35.2. The van der Waals surface area contributed by atoms with E-state index in [0.29, 0.717) is 49.2 Å². The second-order valence-corrected chi connectivity index (χ2v) is 14.2. The summed E-state index contributed by atoms with van der Waals surface area (Å²) in [5.41, 5.74) is 7.22. The summed E-state index contributed by atoms with van der Waals surface area (Å²) in [5.74, 6) is -2.62. The van der Waals surface area contributed by atoms with Crippen molar-refractivity contribution >= 4 is 17.1 Å². The van der Waals surface area contributed by atoms with Gasteiger partial charge in [0.25, 0.3) is 0 Å². The van der Waals surface area contributed by atoms with Gasteiger partial charge in [-0.15, -0.1) is 0 Å². The number of hydrogen-bond acceptors (Lipinski definition) is 6. The molecule has 6 nitrogen and oxygen atoms in total. The highest BCUT2D eigenvalue weighted by molar-refractivity contribution is 6.30. The number of benzene rings is 4. The van der Waals surface area contributed by atoms with Gasteiger partial charge in [-0.1, -0.05) is 60.7 Å². The molecular formula is C42H40F2O6. The second kappa shape index (κ2) is 13.4. The molecule has 258 valence electrons. The third kappa shape index (κ3) is 7.12. The van der Waals surface area contributed by atoms with Crippen LogP contribution in [0.4, 0.5) is 8.78 Å². The standard InChI is InChI=1S/C21H21FO3.C21H19FO3/c2*1-21(2)24-12-16(25-21)11-19-17-6-4-3-5-13(17)9-14-7-8-15(22)10-18(14)20(19)23/h3-8,10,16,19H,9,11-12H2,1-2H3;3-8,10-11,16H,9,12H2,1-2H3/b;19-11-/t16-,19-;16-/m11/s1. The Morgan fingerprint density at radius 3 is 1.94 bits per heavy atom. The molecule has 2 saturated heterocycles. The van der Waals surface area contributed by atoms with Gasteiger partial charge in [0.1, 0.15) is 17.7 Å². The number of carbonyl (C=O) groups is 2. The van der Waals surface area contributed by atoms with Crippen molar-refractivity contribution < 1.29 is 37.3 Å². The molecule has 2 aliphatic heterocycles. The van der Waals surface area contributed by atoms with Crippen LogP contribution in [0.5, 0.6) is 0 Å². The van der Waals surface area contributed by atoms with E-state index in [0.717, 1.165) is 33.4 Å². The molecule has 2 fully saturated rings. The first-order chi connectivity index (χ1) is 23.9. The van der Waals surface area contributed by atoms with Crippen molar-refractivity contribution in [2.24, 2.45) is 0 Å². The molecule has 50 heavy (non-hydrogen) atoms. The summed E-state index contributed by atoms with van der Waals surface area (Å²) in [6.45, 7) is 8.30. The fourth-order valence-electron chi connectivity index (χ4n) is 7.35. The van der Waals surface area contributed by atoms with E-state index >= 15 is 0 Å². The van der Waals surface area contributed by atoms with E-state index in [1.807, 2.05) is 82.3 Å². The van der Waals surface area contributed by atoms with E-state index in [-0.39, 0.29) is 35.5 Å². The first-order valence-electron chi connectivity index (χ1n) is 17.0. The van der Waals surface area contributed by atoms with Crippen LogP contribution in [0, 0.1) is 11.6 Å². The zero-order valence-corrected chi connectivity index (χ0v) is 28.6. The smallest absolute Gasteiger partial charge is 0.193 e. The lowest BCUT2D eigenvalue weighted by molar-refractivity contribution is -0.139. The van der Waals surface area contributed by atoms with E-state index < -0.39 is 17.4 Å². The summed E-state index contributed by atoms with van der Waals surface area (Å²) < 4.78 is 50.5. The molecule has 0 spiro atoms. The average molecular weight is 679 g/mol. The number of halogens is 2. The van der Waals surface area contributed by atoms with Gasteiger partial charge in [-0.3, -0.25) is 9.59 Å².